The molecule has 0 atom stereocenters. The van der Waals surface area contributed by atoms with Crippen LogP contribution in [0, 0.1) is 0 Å². The van der Waals surface area contributed by atoms with Crippen LogP contribution in [0.2, 0.25) is 0 Å². The van der Waals surface area contributed by atoms with E-state index in [1.807, 2.05) is 18.2 Å². The minimum Gasteiger partial charge on any atom is -0.228 e. The molecule has 0 N–H and O–H groups in total. The lowest BCUT2D eigenvalue weighted by Gasteiger charge is -2.14. The van der Waals surface area contributed by atoms with Crippen molar-refractivity contribution in [2.45, 2.75) is 0 Å². The molecule has 9 rings (SSSR count). The van der Waals surface area contributed by atoms with E-state index < -0.39 is 0 Å². The second-order valence-corrected chi connectivity index (χ2v) is 12.6. The molecular weight excluding hydrogens is 605 g/mol. The Bertz CT molecular complexity index is 2630. The highest BCUT2D eigenvalue weighted by molar-refractivity contribution is 6.26. The van der Waals surface area contributed by atoms with Crippen molar-refractivity contribution >= 4 is 38.4 Å². The zero-order chi connectivity index (χ0) is 33.4. The Labute approximate surface area is 291 Å². The van der Waals surface area contributed by atoms with E-state index in [1.165, 1.54) is 37.9 Å². The van der Waals surface area contributed by atoms with Crippen molar-refractivity contribution in [1.82, 2.24) is 9.97 Å². The molecule has 0 unspecified atom stereocenters. The normalized spacial score (nSPS) is 11.3. The predicted octanol–water partition coefficient (Wildman–Crippen LogP) is 12.9. The van der Waals surface area contributed by atoms with Crippen LogP contribution in [0.25, 0.3) is 94.5 Å². The fourth-order valence-corrected chi connectivity index (χ4v) is 7.16. The van der Waals surface area contributed by atoms with Crippen molar-refractivity contribution in [3.8, 4) is 56.2 Å². The van der Waals surface area contributed by atoms with E-state index in [2.05, 4.69) is 170 Å². The average molecular weight is 637 g/mol. The van der Waals surface area contributed by atoms with Crippen molar-refractivity contribution in [2.75, 3.05) is 0 Å². The molecular formula is C48H32N2. The van der Waals surface area contributed by atoms with Crippen LogP contribution in [0.4, 0.5) is 0 Å². The SMILES string of the molecule is C=Cc1ccc2c3ccc(-c4cccc(-c5ccccc5-c5nc(-c6ccccc6)cc(-c6ccccc6)n5)c4)cc3c3ccccc3c2c1. The zero-order valence-electron chi connectivity index (χ0n) is 27.4. The topological polar surface area (TPSA) is 25.8 Å². The first-order valence-corrected chi connectivity index (χ1v) is 16.9. The van der Waals surface area contributed by atoms with E-state index in [4.69, 9.17) is 9.97 Å². The number of benzene rings is 8. The van der Waals surface area contributed by atoms with Crippen LogP contribution >= 0.6 is 0 Å². The molecule has 50 heavy (non-hydrogen) atoms. The Balaban J connectivity index is 1.18. The fraction of sp³-hybridized carbons (Fsp3) is 0. The zero-order valence-corrected chi connectivity index (χ0v) is 27.4. The summed E-state index contributed by atoms with van der Waals surface area (Å²) in [5.74, 6) is 0.704. The van der Waals surface area contributed by atoms with Gasteiger partial charge in [0.05, 0.1) is 11.4 Å². The summed E-state index contributed by atoms with van der Waals surface area (Å²) >= 11 is 0. The molecule has 2 nitrogen and oxygen atoms in total. The maximum absolute atomic E-state index is 5.15. The summed E-state index contributed by atoms with van der Waals surface area (Å²) in [5.41, 5.74) is 10.6. The third-order valence-corrected chi connectivity index (χ3v) is 9.64. The summed E-state index contributed by atoms with van der Waals surface area (Å²) < 4.78 is 0. The van der Waals surface area contributed by atoms with E-state index in [0.29, 0.717) is 5.82 Å². The molecule has 0 fully saturated rings. The number of aromatic nitrogens is 2. The van der Waals surface area contributed by atoms with Crippen LogP contribution in [-0.2, 0) is 0 Å². The number of nitrogens with zero attached hydrogens (tertiary/aromatic N) is 2. The summed E-state index contributed by atoms with van der Waals surface area (Å²) in [4.78, 5) is 10.3. The van der Waals surface area contributed by atoms with Gasteiger partial charge in [0.2, 0.25) is 0 Å². The molecule has 0 aliphatic carbocycles. The van der Waals surface area contributed by atoms with Gasteiger partial charge < -0.3 is 0 Å². The van der Waals surface area contributed by atoms with Gasteiger partial charge >= 0.3 is 0 Å². The molecule has 1 heterocycles. The molecule has 0 bridgehead atoms. The van der Waals surface area contributed by atoms with Gasteiger partial charge in [-0.1, -0.05) is 164 Å². The quantitative estimate of drug-likeness (QED) is 0.170. The van der Waals surface area contributed by atoms with Crippen molar-refractivity contribution in [3.63, 3.8) is 0 Å². The van der Waals surface area contributed by atoms with Gasteiger partial charge in [0.1, 0.15) is 0 Å². The Kier molecular flexibility index (Phi) is 7.33. The van der Waals surface area contributed by atoms with E-state index in [-0.39, 0.29) is 0 Å². The Morgan fingerprint density at radius 1 is 0.340 bits per heavy atom. The van der Waals surface area contributed by atoms with Gasteiger partial charge in [0.15, 0.2) is 5.82 Å². The van der Waals surface area contributed by atoms with Gasteiger partial charge in [-0.3, -0.25) is 0 Å². The standard InChI is InChI=1S/C48H32N2/c1-2-32-24-26-41-42-27-25-36(30-45(42)40-22-11-10-21-39(40)44(41)28-32)35-18-13-19-37(29-35)38-20-9-12-23-43(38)48-49-46(33-14-5-3-6-15-33)31-47(50-48)34-16-7-4-8-17-34/h2-31H,1H2. The molecule has 0 radical (unpaired) electrons. The van der Waals surface area contributed by atoms with Crippen molar-refractivity contribution < 1.29 is 0 Å². The number of rotatable bonds is 6. The van der Waals surface area contributed by atoms with Gasteiger partial charge in [-0.2, -0.15) is 0 Å². The lowest BCUT2D eigenvalue weighted by Crippen LogP contribution is -1.97. The summed E-state index contributed by atoms with van der Waals surface area (Å²) in [6.07, 6.45) is 1.92. The summed E-state index contributed by atoms with van der Waals surface area (Å²) in [6.45, 7) is 4.00. The van der Waals surface area contributed by atoms with Gasteiger partial charge in [0, 0.05) is 16.7 Å². The highest BCUT2D eigenvalue weighted by atomic mass is 14.9. The number of hydrogen-bond acceptors (Lipinski definition) is 2. The molecule has 0 saturated heterocycles. The van der Waals surface area contributed by atoms with E-state index in [9.17, 15) is 0 Å². The largest absolute Gasteiger partial charge is 0.228 e. The smallest absolute Gasteiger partial charge is 0.161 e. The third-order valence-electron chi connectivity index (χ3n) is 9.64. The molecule has 0 spiro atoms. The highest BCUT2D eigenvalue weighted by Gasteiger charge is 2.16. The maximum Gasteiger partial charge on any atom is 0.161 e. The highest BCUT2D eigenvalue weighted by Crippen LogP contribution is 2.39. The minimum atomic E-state index is 0.704. The first kappa shape index (κ1) is 29.5. The molecule has 8 aromatic carbocycles. The second-order valence-electron chi connectivity index (χ2n) is 12.6. The average Bonchev–Trinajstić information content (AvgIpc) is 3.21. The van der Waals surface area contributed by atoms with Gasteiger partial charge in [-0.25, -0.2) is 9.97 Å². The van der Waals surface area contributed by atoms with Crippen LogP contribution in [0.3, 0.4) is 0 Å². The van der Waals surface area contributed by atoms with Gasteiger partial charge in [-0.05, 0) is 84.4 Å². The fourth-order valence-electron chi connectivity index (χ4n) is 7.16. The Morgan fingerprint density at radius 3 is 1.50 bits per heavy atom. The van der Waals surface area contributed by atoms with E-state index >= 15 is 0 Å². The molecule has 1 aromatic heterocycles. The molecule has 0 saturated carbocycles. The molecule has 0 amide bonds. The van der Waals surface area contributed by atoms with Crippen molar-refractivity contribution in [2.24, 2.45) is 0 Å². The molecule has 0 aliphatic heterocycles. The molecule has 2 heteroatoms. The lowest BCUT2D eigenvalue weighted by atomic mass is 9.90. The maximum atomic E-state index is 5.15. The van der Waals surface area contributed by atoms with Gasteiger partial charge in [0.25, 0.3) is 0 Å². The monoisotopic (exact) mass is 636 g/mol. The van der Waals surface area contributed by atoms with Crippen molar-refractivity contribution in [3.05, 3.63) is 188 Å². The van der Waals surface area contributed by atoms with E-state index in [1.54, 1.807) is 0 Å². The van der Waals surface area contributed by atoms with Crippen LogP contribution in [0.1, 0.15) is 5.56 Å². The number of fused-ring (bicyclic) bond motifs is 6. The van der Waals surface area contributed by atoms with Crippen molar-refractivity contribution in [1.29, 1.82) is 0 Å². The first-order chi connectivity index (χ1) is 24.7. The molecule has 234 valence electrons. The predicted molar refractivity (Wildman–Crippen MR) is 212 cm³/mol. The summed E-state index contributed by atoms with van der Waals surface area (Å²) in [5, 5.41) is 7.53. The first-order valence-electron chi connectivity index (χ1n) is 16.9. The summed E-state index contributed by atoms with van der Waals surface area (Å²) in [7, 11) is 0. The lowest BCUT2D eigenvalue weighted by molar-refractivity contribution is 1.18. The number of hydrogen-bond donors (Lipinski definition) is 0. The third kappa shape index (κ3) is 5.24. The van der Waals surface area contributed by atoms with Crippen LogP contribution in [-0.4, -0.2) is 9.97 Å². The second kappa shape index (κ2) is 12.4. The molecule has 0 aliphatic rings. The Morgan fingerprint density at radius 2 is 0.840 bits per heavy atom. The van der Waals surface area contributed by atoms with Crippen LogP contribution < -0.4 is 0 Å². The van der Waals surface area contributed by atoms with Gasteiger partial charge in [-0.15, -0.1) is 0 Å². The minimum absolute atomic E-state index is 0.704. The van der Waals surface area contributed by atoms with E-state index in [0.717, 1.165) is 50.3 Å². The van der Waals surface area contributed by atoms with Crippen LogP contribution in [0.15, 0.2) is 183 Å². The Hall–Kier alpha value is -6.64. The van der Waals surface area contributed by atoms with Crippen LogP contribution in [0.5, 0.6) is 0 Å². The summed E-state index contributed by atoms with van der Waals surface area (Å²) in [6, 6.07) is 62.3. The molecule has 9 aromatic rings.